The van der Waals surface area contributed by atoms with E-state index in [9.17, 15) is 4.79 Å². The molecule has 2 aliphatic rings. The average Bonchev–Trinajstić information content (AvgIpc) is 2.70. The largest absolute Gasteiger partial charge is 0.486 e. The van der Waals surface area contributed by atoms with Gasteiger partial charge in [0.2, 0.25) is 5.91 Å². The Balaban J connectivity index is 1.61. The Morgan fingerprint density at radius 3 is 2.62 bits per heavy atom. The SMILES string of the molecule is O=C(Nc1cc2c(cc1Sc1ccccc1)OCCO2)C1CCCNC1. The molecule has 2 N–H and O–H groups in total. The number of fused-ring (bicyclic) bond motifs is 1. The summed E-state index contributed by atoms with van der Waals surface area (Å²) in [5.74, 6) is 1.48. The van der Waals surface area contributed by atoms with Gasteiger partial charge in [0.25, 0.3) is 0 Å². The number of carbonyl (C=O) groups is 1. The molecule has 4 rings (SSSR count). The molecule has 2 heterocycles. The van der Waals surface area contributed by atoms with Crippen LogP contribution in [0.25, 0.3) is 0 Å². The lowest BCUT2D eigenvalue weighted by Crippen LogP contribution is -2.37. The molecule has 2 aromatic carbocycles. The summed E-state index contributed by atoms with van der Waals surface area (Å²) in [4.78, 5) is 14.8. The van der Waals surface area contributed by atoms with E-state index in [-0.39, 0.29) is 11.8 Å². The van der Waals surface area contributed by atoms with Crippen LogP contribution in [0.15, 0.2) is 52.3 Å². The quantitative estimate of drug-likeness (QED) is 0.862. The van der Waals surface area contributed by atoms with Gasteiger partial charge in [-0.25, -0.2) is 0 Å². The van der Waals surface area contributed by atoms with E-state index in [1.165, 1.54) is 0 Å². The highest BCUT2D eigenvalue weighted by atomic mass is 32.2. The molecule has 6 heteroatoms. The van der Waals surface area contributed by atoms with Crippen molar-refractivity contribution in [2.45, 2.75) is 22.6 Å². The predicted molar refractivity (Wildman–Crippen MR) is 102 cm³/mol. The maximum Gasteiger partial charge on any atom is 0.228 e. The minimum absolute atomic E-state index is 0.00604. The Hall–Kier alpha value is -2.18. The molecule has 0 spiro atoms. The highest BCUT2D eigenvalue weighted by Gasteiger charge is 2.23. The molecular weight excluding hydrogens is 348 g/mol. The average molecular weight is 370 g/mol. The Labute approximate surface area is 157 Å². The minimum atomic E-state index is 0.00604. The molecule has 136 valence electrons. The fourth-order valence-corrected chi connectivity index (χ4v) is 4.11. The van der Waals surface area contributed by atoms with Gasteiger partial charge in [0.05, 0.1) is 11.6 Å². The third-order valence-electron chi connectivity index (χ3n) is 4.54. The second kappa shape index (κ2) is 8.01. The van der Waals surface area contributed by atoms with Crippen LogP contribution in [0.5, 0.6) is 11.5 Å². The highest BCUT2D eigenvalue weighted by molar-refractivity contribution is 7.99. The molecule has 0 bridgehead atoms. The van der Waals surface area contributed by atoms with E-state index >= 15 is 0 Å². The molecule has 2 aliphatic heterocycles. The maximum atomic E-state index is 12.7. The summed E-state index contributed by atoms with van der Waals surface area (Å²) in [6.07, 6.45) is 1.95. The summed E-state index contributed by atoms with van der Waals surface area (Å²) in [6, 6.07) is 14.0. The van der Waals surface area contributed by atoms with Gasteiger partial charge in [0, 0.05) is 28.5 Å². The van der Waals surface area contributed by atoms with Crippen molar-refractivity contribution in [3.05, 3.63) is 42.5 Å². The molecule has 2 aromatic rings. The number of rotatable bonds is 4. The molecule has 0 radical (unpaired) electrons. The Morgan fingerprint density at radius 2 is 1.88 bits per heavy atom. The van der Waals surface area contributed by atoms with Gasteiger partial charge >= 0.3 is 0 Å². The van der Waals surface area contributed by atoms with Crippen LogP contribution in [-0.2, 0) is 4.79 Å². The zero-order valence-electron chi connectivity index (χ0n) is 14.5. The smallest absolute Gasteiger partial charge is 0.228 e. The molecule has 5 nitrogen and oxygen atoms in total. The third kappa shape index (κ3) is 3.97. The van der Waals surface area contributed by atoms with Crippen LogP contribution in [0.2, 0.25) is 0 Å². The lowest BCUT2D eigenvalue weighted by Gasteiger charge is -2.24. The Kier molecular flexibility index (Phi) is 5.32. The lowest BCUT2D eigenvalue weighted by atomic mass is 9.99. The topological polar surface area (TPSA) is 59.6 Å². The van der Waals surface area contributed by atoms with E-state index in [0.717, 1.165) is 47.2 Å². The summed E-state index contributed by atoms with van der Waals surface area (Å²) >= 11 is 1.61. The maximum absolute atomic E-state index is 12.7. The number of carbonyl (C=O) groups excluding carboxylic acids is 1. The van der Waals surface area contributed by atoms with Crippen molar-refractivity contribution in [3.8, 4) is 11.5 Å². The number of hydrogen-bond acceptors (Lipinski definition) is 5. The highest BCUT2D eigenvalue weighted by Crippen LogP contribution is 2.42. The first-order valence-corrected chi connectivity index (χ1v) is 9.79. The van der Waals surface area contributed by atoms with Crippen LogP contribution in [0.3, 0.4) is 0 Å². The third-order valence-corrected chi connectivity index (χ3v) is 5.61. The summed E-state index contributed by atoms with van der Waals surface area (Å²) in [5.41, 5.74) is 0.777. The molecule has 1 atom stereocenters. The molecule has 1 unspecified atom stereocenters. The second-order valence-corrected chi connectivity index (χ2v) is 7.56. The van der Waals surface area contributed by atoms with Crippen molar-refractivity contribution in [3.63, 3.8) is 0 Å². The number of benzene rings is 2. The van der Waals surface area contributed by atoms with E-state index in [2.05, 4.69) is 22.8 Å². The van der Waals surface area contributed by atoms with Gasteiger partial charge in [0.1, 0.15) is 13.2 Å². The molecule has 1 amide bonds. The van der Waals surface area contributed by atoms with E-state index in [4.69, 9.17) is 9.47 Å². The normalized spacial score (nSPS) is 19.0. The molecule has 0 aromatic heterocycles. The van der Waals surface area contributed by atoms with Crippen molar-refractivity contribution in [1.29, 1.82) is 0 Å². The number of anilines is 1. The van der Waals surface area contributed by atoms with Gasteiger partial charge in [-0.3, -0.25) is 4.79 Å². The van der Waals surface area contributed by atoms with Gasteiger partial charge in [-0.15, -0.1) is 0 Å². The minimum Gasteiger partial charge on any atom is -0.486 e. The van der Waals surface area contributed by atoms with Crippen LogP contribution in [0.4, 0.5) is 5.69 Å². The van der Waals surface area contributed by atoms with Crippen LogP contribution < -0.4 is 20.1 Å². The number of piperidine rings is 1. The van der Waals surface area contributed by atoms with Crippen molar-refractivity contribution in [1.82, 2.24) is 5.32 Å². The summed E-state index contributed by atoms with van der Waals surface area (Å²) in [6.45, 7) is 2.79. The molecule has 1 saturated heterocycles. The van der Waals surface area contributed by atoms with Gasteiger partial charge in [-0.1, -0.05) is 30.0 Å². The van der Waals surface area contributed by atoms with Gasteiger partial charge in [-0.05, 0) is 31.5 Å². The second-order valence-electron chi connectivity index (χ2n) is 6.44. The fraction of sp³-hybridized carbons (Fsp3) is 0.350. The standard InChI is InChI=1S/C20H22N2O3S/c23-20(14-5-4-8-21-13-14)22-16-11-17-18(25-10-9-24-17)12-19(16)26-15-6-2-1-3-7-15/h1-3,6-7,11-12,14,21H,4-5,8-10,13H2,(H,22,23). The summed E-state index contributed by atoms with van der Waals surface area (Å²) in [5, 5.41) is 6.41. The van der Waals surface area contributed by atoms with E-state index in [1.807, 2.05) is 30.3 Å². The van der Waals surface area contributed by atoms with Crippen molar-refractivity contribution < 1.29 is 14.3 Å². The Bertz CT molecular complexity index is 776. The number of hydrogen-bond donors (Lipinski definition) is 2. The monoisotopic (exact) mass is 370 g/mol. The number of ether oxygens (including phenoxy) is 2. The van der Waals surface area contributed by atoms with E-state index in [0.29, 0.717) is 19.0 Å². The van der Waals surface area contributed by atoms with Crippen LogP contribution in [-0.4, -0.2) is 32.2 Å². The molecule has 1 fully saturated rings. The zero-order chi connectivity index (χ0) is 17.8. The first-order chi connectivity index (χ1) is 12.8. The van der Waals surface area contributed by atoms with E-state index in [1.54, 1.807) is 11.8 Å². The summed E-state index contributed by atoms with van der Waals surface area (Å²) < 4.78 is 11.4. The lowest BCUT2D eigenvalue weighted by molar-refractivity contribution is -0.120. The number of nitrogens with one attached hydrogen (secondary N) is 2. The molecule has 26 heavy (non-hydrogen) atoms. The van der Waals surface area contributed by atoms with E-state index < -0.39 is 0 Å². The number of amides is 1. The predicted octanol–water partition coefficient (Wildman–Crippen LogP) is 3.55. The van der Waals surface area contributed by atoms with Crippen molar-refractivity contribution >= 4 is 23.4 Å². The summed E-state index contributed by atoms with van der Waals surface area (Å²) in [7, 11) is 0. The van der Waals surface area contributed by atoms with Crippen LogP contribution in [0, 0.1) is 5.92 Å². The van der Waals surface area contributed by atoms with Crippen LogP contribution >= 0.6 is 11.8 Å². The van der Waals surface area contributed by atoms with Crippen molar-refractivity contribution in [2.24, 2.45) is 5.92 Å². The molecule has 0 saturated carbocycles. The zero-order valence-corrected chi connectivity index (χ0v) is 15.3. The first kappa shape index (κ1) is 17.2. The van der Waals surface area contributed by atoms with Crippen LogP contribution in [0.1, 0.15) is 12.8 Å². The Morgan fingerprint density at radius 1 is 1.12 bits per heavy atom. The molecule has 0 aliphatic carbocycles. The first-order valence-electron chi connectivity index (χ1n) is 8.98. The molecular formula is C20H22N2O3S. The van der Waals surface area contributed by atoms with Gasteiger partial charge < -0.3 is 20.1 Å². The van der Waals surface area contributed by atoms with Gasteiger partial charge in [0.15, 0.2) is 11.5 Å². The van der Waals surface area contributed by atoms with Crippen molar-refractivity contribution in [2.75, 3.05) is 31.6 Å². The van der Waals surface area contributed by atoms with Gasteiger partial charge in [-0.2, -0.15) is 0 Å². The fourth-order valence-electron chi connectivity index (χ4n) is 3.18.